The molecule has 0 N–H and O–H groups in total. The van der Waals surface area contributed by atoms with Gasteiger partial charge in [-0.1, -0.05) is 107 Å². The first-order chi connectivity index (χ1) is 21.4. The fourth-order valence-corrected chi connectivity index (χ4v) is 8.21. The zero-order chi connectivity index (χ0) is 29.8. The summed E-state index contributed by atoms with van der Waals surface area (Å²) in [5.41, 5.74) is 16.5. The van der Waals surface area contributed by atoms with Crippen molar-refractivity contribution in [3.8, 4) is 44.5 Å². The molecule has 9 rings (SSSR count). The van der Waals surface area contributed by atoms with Gasteiger partial charge in [0, 0.05) is 51.3 Å². The second-order valence-corrected chi connectivity index (χ2v) is 13.4. The summed E-state index contributed by atoms with van der Waals surface area (Å²) in [6, 6.07) is 38.2. The molecule has 0 bridgehead atoms. The Labute approximate surface area is 258 Å². The maximum atomic E-state index is 5.08. The molecule has 2 nitrogen and oxygen atoms in total. The van der Waals surface area contributed by atoms with Crippen LogP contribution in [0.15, 0.2) is 122 Å². The van der Waals surface area contributed by atoms with Crippen molar-refractivity contribution in [1.82, 2.24) is 9.97 Å². The van der Waals surface area contributed by atoms with Gasteiger partial charge >= 0.3 is 0 Å². The van der Waals surface area contributed by atoms with Gasteiger partial charge in [-0.3, -0.25) is 9.97 Å². The third-order valence-electron chi connectivity index (χ3n) is 10.4. The Morgan fingerprint density at radius 1 is 0.455 bits per heavy atom. The van der Waals surface area contributed by atoms with Crippen molar-refractivity contribution in [3.63, 3.8) is 0 Å². The van der Waals surface area contributed by atoms with Gasteiger partial charge < -0.3 is 0 Å². The van der Waals surface area contributed by atoms with Gasteiger partial charge in [-0.25, -0.2) is 0 Å². The number of benzene rings is 5. The van der Waals surface area contributed by atoms with Crippen LogP contribution >= 0.6 is 0 Å². The molecule has 0 amide bonds. The summed E-state index contributed by atoms with van der Waals surface area (Å²) in [7, 11) is 0. The van der Waals surface area contributed by atoms with Crippen molar-refractivity contribution >= 4 is 21.7 Å². The largest absolute Gasteiger partial charge is 0.264 e. The van der Waals surface area contributed by atoms with Crippen LogP contribution in [0.25, 0.3) is 66.2 Å². The molecule has 0 aliphatic heterocycles. The lowest BCUT2D eigenvalue weighted by Crippen LogP contribution is -2.15. The van der Waals surface area contributed by atoms with Gasteiger partial charge in [-0.2, -0.15) is 0 Å². The van der Waals surface area contributed by atoms with Crippen LogP contribution in [0.5, 0.6) is 0 Å². The van der Waals surface area contributed by atoms with E-state index >= 15 is 0 Å². The van der Waals surface area contributed by atoms with E-state index in [-0.39, 0.29) is 10.8 Å². The molecule has 2 heteroatoms. The predicted octanol–water partition coefficient (Wildman–Crippen LogP) is 10.7. The van der Waals surface area contributed by atoms with Gasteiger partial charge in [0.05, 0.1) is 5.52 Å². The zero-order valence-electron chi connectivity index (χ0n) is 25.4. The summed E-state index contributed by atoms with van der Waals surface area (Å²) in [6.45, 7) is 9.38. The summed E-state index contributed by atoms with van der Waals surface area (Å²) in [5, 5.41) is 3.48. The van der Waals surface area contributed by atoms with Crippen LogP contribution in [0.4, 0.5) is 0 Å². The molecule has 2 aliphatic carbocycles. The van der Waals surface area contributed by atoms with Crippen LogP contribution < -0.4 is 0 Å². The molecule has 0 radical (unpaired) electrons. The third-order valence-corrected chi connectivity index (χ3v) is 10.4. The lowest BCUT2D eigenvalue weighted by atomic mass is 9.80. The van der Waals surface area contributed by atoms with Crippen LogP contribution in [-0.4, -0.2) is 9.97 Å². The standard InChI is InChI=1S/C42H32N2/c1-41(2)34-13-7-5-10-27(34)29-17-15-25(22-36(29)41)38-32-12-9-20-44-40(32)39(31-19-21-43-24-33(31)38)26-16-18-30-28-11-6-8-14-35(28)42(3,4)37(30)23-26/h5-24H,1-4H3. The molecule has 5 aromatic carbocycles. The second-order valence-electron chi connectivity index (χ2n) is 13.4. The minimum Gasteiger partial charge on any atom is -0.264 e. The number of hydrogen-bond donors (Lipinski definition) is 0. The first-order valence-corrected chi connectivity index (χ1v) is 15.5. The molecule has 44 heavy (non-hydrogen) atoms. The fraction of sp³-hybridized carbons (Fsp3) is 0.143. The molecule has 2 aromatic heterocycles. The van der Waals surface area contributed by atoms with Crippen molar-refractivity contribution in [2.45, 2.75) is 38.5 Å². The van der Waals surface area contributed by atoms with E-state index in [4.69, 9.17) is 4.98 Å². The minimum absolute atomic E-state index is 0.0707. The maximum absolute atomic E-state index is 5.08. The molecule has 210 valence electrons. The highest BCUT2D eigenvalue weighted by Gasteiger charge is 2.37. The van der Waals surface area contributed by atoms with Crippen molar-refractivity contribution in [1.29, 1.82) is 0 Å². The Hall–Kier alpha value is -5.08. The van der Waals surface area contributed by atoms with Crippen LogP contribution in [0.2, 0.25) is 0 Å². The topological polar surface area (TPSA) is 25.8 Å². The molecule has 7 aromatic rings. The van der Waals surface area contributed by atoms with Crippen molar-refractivity contribution in [2.75, 3.05) is 0 Å². The fourth-order valence-electron chi connectivity index (χ4n) is 8.21. The monoisotopic (exact) mass is 564 g/mol. The predicted molar refractivity (Wildman–Crippen MR) is 183 cm³/mol. The van der Waals surface area contributed by atoms with E-state index in [0.717, 1.165) is 16.3 Å². The quantitative estimate of drug-likeness (QED) is 0.195. The smallest absolute Gasteiger partial charge is 0.0793 e. The average Bonchev–Trinajstić information content (AvgIpc) is 3.42. The molecule has 0 fully saturated rings. The number of aromatic nitrogens is 2. The Morgan fingerprint density at radius 2 is 1.02 bits per heavy atom. The summed E-state index contributed by atoms with van der Waals surface area (Å²) in [4.78, 5) is 9.74. The highest BCUT2D eigenvalue weighted by atomic mass is 14.7. The van der Waals surface area contributed by atoms with Crippen LogP contribution in [-0.2, 0) is 10.8 Å². The Kier molecular flexibility index (Phi) is 5.05. The summed E-state index contributed by atoms with van der Waals surface area (Å²) >= 11 is 0. The Morgan fingerprint density at radius 3 is 1.66 bits per heavy atom. The SMILES string of the molecule is CC1(C)c2ccccc2-c2ccc(-c3c4cnccc4c(-c4ccc5c(c4)C(C)(C)c4ccccc4-5)c4ncccc34)cc21. The maximum Gasteiger partial charge on any atom is 0.0793 e. The van der Waals surface area contributed by atoms with Crippen molar-refractivity contribution < 1.29 is 0 Å². The van der Waals surface area contributed by atoms with E-state index in [2.05, 4.69) is 136 Å². The Bertz CT molecular complexity index is 2120. The van der Waals surface area contributed by atoms with E-state index in [1.165, 1.54) is 72.1 Å². The van der Waals surface area contributed by atoms with Crippen LogP contribution in [0, 0.1) is 0 Å². The van der Waals surface area contributed by atoms with E-state index in [9.17, 15) is 0 Å². The molecule has 0 spiro atoms. The van der Waals surface area contributed by atoms with Gasteiger partial charge in [0.1, 0.15) is 0 Å². The number of fused-ring (bicyclic) bond motifs is 8. The molecule has 2 heterocycles. The molecular formula is C42H32N2. The van der Waals surface area contributed by atoms with Gasteiger partial charge in [-0.05, 0) is 85.3 Å². The molecule has 2 aliphatic rings. The normalized spacial score (nSPS) is 15.2. The van der Waals surface area contributed by atoms with E-state index in [1.54, 1.807) is 0 Å². The second kappa shape index (κ2) is 8.74. The number of pyridine rings is 2. The van der Waals surface area contributed by atoms with Crippen LogP contribution in [0.1, 0.15) is 49.9 Å². The lowest BCUT2D eigenvalue weighted by molar-refractivity contribution is 0.660. The molecule has 0 saturated carbocycles. The summed E-state index contributed by atoms with van der Waals surface area (Å²) in [5.74, 6) is 0. The minimum atomic E-state index is -0.0722. The number of hydrogen-bond acceptors (Lipinski definition) is 2. The Balaban J connectivity index is 1.31. The first kappa shape index (κ1) is 25.4. The lowest BCUT2D eigenvalue weighted by Gasteiger charge is -2.23. The highest BCUT2D eigenvalue weighted by Crippen LogP contribution is 2.53. The molecule has 0 atom stereocenters. The van der Waals surface area contributed by atoms with E-state index < -0.39 is 0 Å². The number of rotatable bonds is 2. The molecule has 0 unspecified atom stereocenters. The van der Waals surface area contributed by atoms with Crippen molar-refractivity contribution in [3.05, 3.63) is 144 Å². The third kappa shape index (κ3) is 3.26. The number of nitrogens with zero attached hydrogens (tertiary/aromatic N) is 2. The van der Waals surface area contributed by atoms with Gasteiger partial charge in [0.25, 0.3) is 0 Å². The first-order valence-electron chi connectivity index (χ1n) is 15.5. The van der Waals surface area contributed by atoms with Crippen LogP contribution in [0.3, 0.4) is 0 Å². The van der Waals surface area contributed by atoms with E-state index in [0.29, 0.717) is 0 Å². The van der Waals surface area contributed by atoms with E-state index in [1.807, 2.05) is 18.6 Å². The molecular weight excluding hydrogens is 532 g/mol. The zero-order valence-corrected chi connectivity index (χ0v) is 25.4. The average molecular weight is 565 g/mol. The van der Waals surface area contributed by atoms with Gasteiger partial charge in [-0.15, -0.1) is 0 Å². The van der Waals surface area contributed by atoms with Crippen molar-refractivity contribution in [2.24, 2.45) is 0 Å². The molecule has 0 saturated heterocycles. The van der Waals surface area contributed by atoms with Gasteiger partial charge in [0.2, 0.25) is 0 Å². The highest BCUT2D eigenvalue weighted by molar-refractivity contribution is 6.20. The summed E-state index contributed by atoms with van der Waals surface area (Å²) in [6.07, 6.45) is 5.89. The summed E-state index contributed by atoms with van der Waals surface area (Å²) < 4.78 is 0. The van der Waals surface area contributed by atoms with Gasteiger partial charge in [0.15, 0.2) is 0 Å².